The van der Waals surface area contributed by atoms with Crippen molar-refractivity contribution in [2.24, 2.45) is 5.92 Å². The molecule has 0 bridgehead atoms. The standard InChI is InChI=1S/C17H33N7O2/c1-11-19-17(26-23-11)12-4-2-3-5-13(12)20-16(25)14-6-7-15(22-21-14)24-9-8-18-10-24/h11-15,17-19,21-23H,2-10H2,1H3,(H,20,25). The molecule has 6 N–H and O–H groups in total. The van der Waals surface area contributed by atoms with Gasteiger partial charge in [-0.2, -0.15) is 5.48 Å². The number of hydrogen-bond donors (Lipinski definition) is 6. The largest absolute Gasteiger partial charge is 0.352 e. The first-order valence-electron chi connectivity index (χ1n) is 10.1. The Kier molecular flexibility index (Phi) is 6.04. The number of carbonyl (C=O) groups is 1. The molecule has 148 valence electrons. The van der Waals surface area contributed by atoms with Crippen molar-refractivity contribution in [3.05, 3.63) is 0 Å². The Morgan fingerprint density at radius 3 is 2.73 bits per heavy atom. The minimum absolute atomic E-state index is 0.0277. The van der Waals surface area contributed by atoms with Crippen LogP contribution in [0.5, 0.6) is 0 Å². The molecule has 0 aromatic rings. The van der Waals surface area contributed by atoms with Gasteiger partial charge in [-0.1, -0.05) is 12.8 Å². The Bertz CT molecular complexity index is 480. The summed E-state index contributed by atoms with van der Waals surface area (Å²) in [6, 6.07) is 0.00190. The molecular formula is C17H33N7O2. The smallest absolute Gasteiger partial charge is 0.238 e. The minimum Gasteiger partial charge on any atom is -0.352 e. The van der Waals surface area contributed by atoms with E-state index in [1.54, 1.807) is 0 Å². The van der Waals surface area contributed by atoms with Crippen LogP contribution in [0.3, 0.4) is 0 Å². The first-order valence-corrected chi connectivity index (χ1v) is 10.1. The number of hydroxylamine groups is 1. The van der Waals surface area contributed by atoms with Crippen molar-refractivity contribution >= 4 is 5.91 Å². The summed E-state index contributed by atoms with van der Waals surface area (Å²) in [6.07, 6.45) is 6.73. The fourth-order valence-electron chi connectivity index (χ4n) is 4.61. The summed E-state index contributed by atoms with van der Waals surface area (Å²) >= 11 is 0. The van der Waals surface area contributed by atoms with Crippen molar-refractivity contribution in [2.75, 3.05) is 19.8 Å². The van der Waals surface area contributed by atoms with Crippen LogP contribution < -0.4 is 32.3 Å². The van der Waals surface area contributed by atoms with Gasteiger partial charge in [0.15, 0.2) is 0 Å². The van der Waals surface area contributed by atoms with E-state index in [0.717, 1.165) is 51.9 Å². The van der Waals surface area contributed by atoms with E-state index in [1.165, 1.54) is 6.42 Å². The molecule has 1 saturated carbocycles. The highest BCUT2D eigenvalue weighted by atomic mass is 16.7. The third kappa shape index (κ3) is 4.19. The molecule has 4 rings (SSSR count). The van der Waals surface area contributed by atoms with Crippen molar-refractivity contribution in [1.82, 2.24) is 37.2 Å². The molecule has 26 heavy (non-hydrogen) atoms. The molecule has 0 aromatic carbocycles. The van der Waals surface area contributed by atoms with Crippen molar-refractivity contribution in [3.8, 4) is 0 Å². The number of nitrogens with zero attached hydrogens (tertiary/aromatic N) is 1. The van der Waals surface area contributed by atoms with Gasteiger partial charge in [-0.3, -0.25) is 19.8 Å². The fourth-order valence-corrected chi connectivity index (χ4v) is 4.61. The van der Waals surface area contributed by atoms with Crippen LogP contribution in [0.1, 0.15) is 45.4 Å². The number of rotatable bonds is 4. The number of carbonyl (C=O) groups excluding carboxylic acids is 1. The molecule has 1 aliphatic carbocycles. The highest BCUT2D eigenvalue weighted by molar-refractivity contribution is 5.82. The zero-order chi connectivity index (χ0) is 17.9. The van der Waals surface area contributed by atoms with E-state index in [4.69, 9.17) is 4.84 Å². The average Bonchev–Trinajstić information content (AvgIpc) is 3.34. The SMILES string of the molecule is CC1NOC(C2CCCCC2NC(=O)C2CCC(N3CCNC3)NN2)N1. The van der Waals surface area contributed by atoms with Gasteiger partial charge in [-0.15, -0.1) is 0 Å². The lowest BCUT2D eigenvalue weighted by Crippen LogP contribution is -2.63. The lowest BCUT2D eigenvalue weighted by atomic mass is 9.83. The van der Waals surface area contributed by atoms with Crippen LogP contribution in [0.4, 0.5) is 0 Å². The summed E-state index contributed by atoms with van der Waals surface area (Å²) in [6.45, 7) is 5.05. The third-order valence-electron chi connectivity index (χ3n) is 6.12. The minimum atomic E-state index is -0.168. The molecule has 9 nitrogen and oxygen atoms in total. The monoisotopic (exact) mass is 367 g/mol. The van der Waals surface area contributed by atoms with Crippen molar-refractivity contribution < 1.29 is 9.63 Å². The van der Waals surface area contributed by atoms with E-state index in [-0.39, 0.29) is 30.4 Å². The van der Waals surface area contributed by atoms with Crippen LogP contribution in [-0.4, -0.2) is 61.2 Å². The van der Waals surface area contributed by atoms with Crippen LogP contribution in [0.2, 0.25) is 0 Å². The molecule has 0 aromatic heterocycles. The zero-order valence-corrected chi connectivity index (χ0v) is 15.6. The van der Waals surface area contributed by atoms with Gasteiger partial charge in [-0.25, -0.2) is 10.9 Å². The van der Waals surface area contributed by atoms with Crippen molar-refractivity contribution in [2.45, 2.75) is 76.1 Å². The summed E-state index contributed by atoms with van der Waals surface area (Å²) < 4.78 is 0. The van der Waals surface area contributed by atoms with Gasteiger partial charge in [0.25, 0.3) is 0 Å². The van der Waals surface area contributed by atoms with E-state index >= 15 is 0 Å². The second kappa shape index (κ2) is 8.47. The number of hydrogen-bond acceptors (Lipinski definition) is 8. The predicted molar refractivity (Wildman–Crippen MR) is 97.2 cm³/mol. The molecule has 6 unspecified atom stereocenters. The highest BCUT2D eigenvalue weighted by Crippen LogP contribution is 2.29. The van der Waals surface area contributed by atoms with E-state index in [1.807, 2.05) is 6.92 Å². The van der Waals surface area contributed by atoms with Gasteiger partial charge in [-0.05, 0) is 32.6 Å². The van der Waals surface area contributed by atoms with Crippen LogP contribution in [0.15, 0.2) is 0 Å². The first kappa shape index (κ1) is 18.5. The summed E-state index contributed by atoms with van der Waals surface area (Å²) in [5.74, 6) is 0.413. The quantitative estimate of drug-likeness (QED) is 0.373. The summed E-state index contributed by atoms with van der Waals surface area (Å²) in [5, 5.41) is 10.1. The zero-order valence-electron chi connectivity index (χ0n) is 15.6. The molecule has 1 amide bonds. The summed E-state index contributed by atoms with van der Waals surface area (Å²) in [4.78, 5) is 20.9. The molecule has 4 fully saturated rings. The Morgan fingerprint density at radius 2 is 2.04 bits per heavy atom. The fraction of sp³-hybridized carbons (Fsp3) is 0.941. The van der Waals surface area contributed by atoms with Gasteiger partial charge in [0.05, 0.1) is 12.3 Å². The lowest BCUT2D eigenvalue weighted by molar-refractivity contribution is -0.126. The number of amides is 1. The highest BCUT2D eigenvalue weighted by Gasteiger charge is 2.38. The van der Waals surface area contributed by atoms with Gasteiger partial charge < -0.3 is 10.6 Å². The predicted octanol–water partition coefficient (Wildman–Crippen LogP) is -1.10. The molecular weight excluding hydrogens is 334 g/mol. The van der Waals surface area contributed by atoms with Crippen LogP contribution in [-0.2, 0) is 9.63 Å². The Labute approximate surface area is 155 Å². The van der Waals surface area contributed by atoms with E-state index in [9.17, 15) is 4.79 Å². The normalized spacial score (nSPS) is 42.0. The van der Waals surface area contributed by atoms with Crippen LogP contribution in [0.25, 0.3) is 0 Å². The lowest BCUT2D eigenvalue weighted by Gasteiger charge is -2.38. The number of hydrazine groups is 1. The van der Waals surface area contributed by atoms with Gasteiger partial charge in [0.2, 0.25) is 5.91 Å². The van der Waals surface area contributed by atoms with Crippen molar-refractivity contribution in [3.63, 3.8) is 0 Å². The number of nitrogens with one attached hydrogen (secondary N) is 6. The van der Waals surface area contributed by atoms with E-state index in [2.05, 4.69) is 37.2 Å². The summed E-state index contributed by atoms with van der Waals surface area (Å²) in [7, 11) is 0. The second-order valence-corrected chi connectivity index (χ2v) is 8.01. The second-order valence-electron chi connectivity index (χ2n) is 8.01. The molecule has 0 spiro atoms. The molecule has 0 radical (unpaired) electrons. The summed E-state index contributed by atoms with van der Waals surface area (Å²) in [5.41, 5.74) is 9.55. The Balaban J connectivity index is 1.28. The van der Waals surface area contributed by atoms with Gasteiger partial charge in [0, 0.05) is 31.7 Å². The van der Waals surface area contributed by atoms with E-state index in [0.29, 0.717) is 12.1 Å². The third-order valence-corrected chi connectivity index (χ3v) is 6.12. The maximum Gasteiger partial charge on any atom is 0.238 e. The maximum atomic E-state index is 12.8. The molecule has 3 aliphatic heterocycles. The topological polar surface area (TPSA) is 102 Å². The molecule has 4 aliphatic rings. The maximum absolute atomic E-state index is 12.8. The van der Waals surface area contributed by atoms with E-state index < -0.39 is 0 Å². The van der Waals surface area contributed by atoms with Crippen LogP contribution >= 0.6 is 0 Å². The van der Waals surface area contributed by atoms with Crippen molar-refractivity contribution in [1.29, 1.82) is 0 Å². The van der Waals surface area contributed by atoms with Crippen LogP contribution in [0, 0.1) is 5.92 Å². The van der Waals surface area contributed by atoms with Gasteiger partial charge in [0.1, 0.15) is 12.3 Å². The van der Waals surface area contributed by atoms with Gasteiger partial charge >= 0.3 is 0 Å². The first-order chi connectivity index (χ1) is 12.7. The Hall–Kier alpha value is -0.810. The molecule has 6 atom stereocenters. The molecule has 9 heteroatoms. The Morgan fingerprint density at radius 1 is 1.15 bits per heavy atom. The average molecular weight is 367 g/mol. The molecule has 3 heterocycles. The molecule has 3 saturated heterocycles.